The second kappa shape index (κ2) is 2.17. The molecule has 0 aliphatic carbocycles. The number of fused-ring (bicyclic) bond motifs is 1. The van der Waals surface area contributed by atoms with Gasteiger partial charge in [0.1, 0.15) is 23.9 Å². The Labute approximate surface area is 64.7 Å². The maximum absolute atomic E-state index is 9.42. The van der Waals surface area contributed by atoms with Crippen molar-refractivity contribution >= 4 is 0 Å². The van der Waals surface area contributed by atoms with E-state index in [4.69, 9.17) is 9.47 Å². The number of ether oxygens (including phenoxy) is 2. The summed E-state index contributed by atoms with van der Waals surface area (Å²) in [7, 11) is 0. The van der Waals surface area contributed by atoms with Crippen LogP contribution < -0.4 is 0 Å². The normalized spacial score (nSPS) is 56.5. The van der Waals surface area contributed by atoms with Crippen LogP contribution in [0, 0.1) is 0 Å². The van der Waals surface area contributed by atoms with Gasteiger partial charge in [0.2, 0.25) is 0 Å². The van der Waals surface area contributed by atoms with Crippen molar-refractivity contribution in [2.24, 2.45) is 0 Å². The van der Waals surface area contributed by atoms with Crippen molar-refractivity contribution in [3.05, 3.63) is 0 Å². The Bertz CT molecular complexity index is 172. The van der Waals surface area contributed by atoms with E-state index in [-0.39, 0.29) is 19.3 Å². The summed E-state index contributed by atoms with van der Waals surface area (Å²) in [6, 6.07) is 0. The summed E-state index contributed by atoms with van der Waals surface area (Å²) in [4.78, 5) is 0. The summed E-state index contributed by atoms with van der Waals surface area (Å²) in [5.74, 6) is 0. The molecule has 0 amide bonds. The van der Waals surface area contributed by atoms with Crippen molar-refractivity contribution in [2.45, 2.75) is 30.8 Å². The van der Waals surface area contributed by atoms with Gasteiger partial charge in [0.05, 0.1) is 13.2 Å². The quantitative estimate of drug-likeness (QED) is 0.472. The smallest absolute Gasteiger partial charge is 0.122 e. The molecule has 4 heteroatoms. The van der Waals surface area contributed by atoms with Crippen LogP contribution in [0.15, 0.2) is 0 Å². The van der Waals surface area contributed by atoms with Crippen LogP contribution in [0.4, 0.5) is 0 Å². The van der Waals surface area contributed by atoms with Gasteiger partial charge in [-0.25, -0.2) is 0 Å². The van der Waals surface area contributed by atoms with E-state index in [0.29, 0.717) is 0 Å². The minimum atomic E-state index is -0.681. The van der Waals surface area contributed by atoms with E-state index in [1.807, 2.05) is 0 Å². The van der Waals surface area contributed by atoms with Gasteiger partial charge in [-0.1, -0.05) is 0 Å². The SMILES string of the molecule is C[C@]12OC[C@@H](O)[C@H]1OC[C@H]2O. The Kier molecular flexibility index (Phi) is 1.47. The molecule has 2 aliphatic rings. The number of hydrogen-bond donors (Lipinski definition) is 2. The summed E-state index contributed by atoms with van der Waals surface area (Å²) in [6.07, 6.45) is -1.54. The molecule has 2 aliphatic heterocycles. The first-order chi connectivity index (χ1) is 5.14. The number of rotatable bonds is 0. The molecule has 0 bridgehead atoms. The summed E-state index contributed by atoms with van der Waals surface area (Å²) < 4.78 is 10.4. The predicted octanol–water partition coefficient (Wildman–Crippen LogP) is -1.10. The van der Waals surface area contributed by atoms with Crippen molar-refractivity contribution in [3.63, 3.8) is 0 Å². The number of aliphatic hydroxyl groups excluding tert-OH is 2. The molecule has 11 heavy (non-hydrogen) atoms. The molecule has 64 valence electrons. The molecule has 2 fully saturated rings. The van der Waals surface area contributed by atoms with Crippen molar-refractivity contribution in [2.75, 3.05) is 13.2 Å². The molecule has 2 rings (SSSR count). The second-order valence-electron chi connectivity index (χ2n) is 3.33. The topological polar surface area (TPSA) is 58.9 Å². The van der Waals surface area contributed by atoms with Crippen LogP contribution >= 0.6 is 0 Å². The zero-order chi connectivity index (χ0) is 8.06. The van der Waals surface area contributed by atoms with Gasteiger partial charge in [-0.2, -0.15) is 0 Å². The van der Waals surface area contributed by atoms with Crippen LogP contribution in [0.2, 0.25) is 0 Å². The van der Waals surface area contributed by atoms with Gasteiger partial charge in [-0.05, 0) is 6.92 Å². The van der Waals surface area contributed by atoms with Crippen molar-refractivity contribution in [1.82, 2.24) is 0 Å². The van der Waals surface area contributed by atoms with Crippen molar-refractivity contribution in [3.8, 4) is 0 Å². The number of hydrogen-bond acceptors (Lipinski definition) is 4. The van der Waals surface area contributed by atoms with Crippen LogP contribution in [-0.2, 0) is 9.47 Å². The Hall–Kier alpha value is -0.160. The summed E-state index contributed by atoms with van der Waals surface area (Å²) in [5.41, 5.74) is -0.681. The lowest BCUT2D eigenvalue weighted by molar-refractivity contribution is -0.0621. The van der Waals surface area contributed by atoms with Gasteiger partial charge in [-0.15, -0.1) is 0 Å². The van der Waals surface area contributed by atoms with Crippen LogP contribution in [0.1, 0.15) is 6.92 Å². The fraction of sp³-hybridized carbons (Fsp3) is 1.00. The van der Waals surface area contributed by atoms with Crippen LogP contribution in [-0.4, -0.2) is 47.3 Å². The van der Waals surface area contributed by atoms with Crippen LogP contribution in [0.3, 0.4) is 0 Å². The highest BCUT2D eigenvalue weighted by molar-refractivity contribution is 5.04. The monoisotopic (exact) mass is 160 g/mol. The first-order valence-electron chi connectivity index (χ1n) is 3.76. The fourth-order valence-corrected chi connectivity index (χ4v) is 1.74. The molecule has 2 heterocycles. The third-order valence-corrected chi connectivity index (χ3v) is 2.57. The molecule has 0 radical (unpaired) electrons. The average molecular weight is 160 g/mol. The Balaban J connectivity index is 2.23. The van der Waals surface area contributed by atoms with E-state index in [2.05, 4.69) is 0 Å². The molecular formula is C7H12O4. The predicted molar refractivity (Wildman–Crippen MR) is 36.1 cm³/mol. The first kappa shape index (κ1) is 7.49. The van der Waals surface area contributed by atoms with Gasteiger partial charge in [0.15, 0.2) is 0 Å². The zero-order valence-corrected chi connectivity index (χ0v) is 6.36. The Morgan fingerprint density at radius 2 is 2.09 bits per heavy atom. The largest absolute Gasteiger partial charge is 0.388 e. The summed E-state index contributed by atoms with van der Waals surface area (Å²) in [6.45, 7) is 2.29. The Morgan fingerprint density at radius 3 is 2.73 bits per heavy atom. The highest BCUT2D eigenvalue weighted by atomic mass is 16.6. The van der Waals surface area contributed by atoms with Crippen molar-refractivity contribution in [1.29, 1.82) is 0 Å². The zero-order valence-electron chi connectivity index (χ0n) is 6.36. The van der Waals surface area contributed by atoms with Gasteiger partial charge in [0, 0.05) is 0 Å². The van der Waals surface area contributed by atoms with Gasteiger partial charge >= 0.3 is 0 Å². The molecule has 0 aromatic rings. The third kappa shape index (κ3) is 0.840. The molecule has 0 aromatic carbocycles. The first-order valence-corrected chi connectivity index (χ1v) is 3.76. The molecule has 4 nitrogen and oxygen atoms in total. The maximum atomic E-state index is 9.42. The standard InChI is InChI=1S/C7H12O4/c1-7-5(9)3-10-6(7)4(8)2-11-7/h4-6,8-9H,2-3H2,1H3/t4-,5-,6-,7-/m1/s1. The van der Waals surface area contributed by atoms with E-state index in [0.717, 1.165) is 0 Å². The summed E-state index contributed by atoms with van der Waals surface area (Å²) >= 11 is 0. The average Bonchev–Trinajstić information content (AvgIpc) is 2.39. The number of aliphatic hydroxyl groups is 2. The molecule has 0 unspecified atom stereocenters. The molecule has 0 saturated carbocycles. The highest BCUT2D eigenvalue weighted by Gasteiger charge is 2.56. The van der Waals surface area contributed by atoms with E-state index < -0.39 is 17.8 Å². The second-order valence-corrected chi connectivity index (χ2v) is 3.33. The van der Waals surface area contributed by atoms with E-state index in [1.54, 1.807) is 6.92 Å². The highest BCUT2D eigenvalue weighted by Crippen LogP contribution is 2.36. The van der Waals surface area contributed by atoms with E-state index in [1.165, 1.54) is 0 Å². The maximum Gasteiger partial charge on any atom is 0.122 e. The molecule has 0 aromatic heterocycles. The van der Waals surface area contributed by atoms with Gasteiger partial charge in [-0.3, -0.25) is 0 Å². The van der Waals surface area contributed by atoms with Crippen LogP contribution in [0.25, 0.3) is 0 Å². The lowest BCUT2D eigenvalue weighted by Gasteiger charge is -2.24. The van der Waals surface area contributed by atoms with Crippen molar-refractivity contribution < 1.29 is 19.7 Å². The Morgan fingerprint density at radius 1 is 1.36 bits per heavy atom. The summed E-state index contributed by atoms with van der Waals surface area (Å²) in [5, 5.41) is 18.7. The molecular weight excluding hydrogens is 148 g/mol. The van der Waals surface area contributed by atoms with E-state index in [9.17, 15) is 10.2 Å². The van der Waals surface area contributed by atoms with Gasteiger partial charge in [0.25, 0.3) is 0 Å². The van der Waals surface area contributed by atoms with Gasteiger partial charge < -0.3 is 19.7 Å². The lowest BCUT2D eigenvalue weighted by Crippen LogP contribution is -2.43. The minimum Gasteiger partial charge on any atom is -0.388 e. The van der Waals surface area contributed by atoms with Crippen LogP contribution in [0.5, 0.6) is 0 Å². The molecule has 4 atom stereocenters. The lowest BCUT2D eigenvalue weighted by atomic mass is 9.95. The van der Waals surface area contributed by atoms with E-state index >= 15 is 0 Å². The molecule has 2 N–H and O–H groups in total. The third-order valence-electron chi connectivity index (χ3n) is 2.57. The minimum absolute atomic E-state index is 0.262. The molecule has 2 saturated heterocycles. The fourth-order valence-electron chi connectivity index (χ4n) is 1.74. The molecule has 0 spiro atoms.